The molecule has 5 aliphatic rings. The Bertz CT molecular complexity index is 983. The number of fused-ring (bicyclic) bond motifs is 4. The zero-order valence-corrected chi connectivity index (χ0v) is 20.4. The molecule has 2 saturated carbocycles. The molecule has 4 atom stereocenters. The van der Waals surface area contributed by atoms with Crippen molar-refractivity contribution in [1.82, 2.24) is 0 Å². The van der Waals surface area contributed by atoms with Gasteiger partial charge in [-0.3, -0.25) is 0 Å². The van der Waals surface area contributed by atoms with E-state index in [0.29, 0.717) is 11.3 Å². The fourth-order valence-corrected chi connectivity index (χ4v) is 8.18. The molecule has 1 aromatic carbocycles. The highest BCUT2D eigenvalue weighted by atomic mass is 16.7. The summed E-state index contributed by atoms with van der Waals surface area (Å²) in [6.45, 7) is 6.36. The van der Waals surface area contributed by atoms with Gasteiger partial charge in [0, 0.05) is 32.1 Å². The van der Waals surface area contributed by atoms with E-state index in [1.807, 2.05) is 0 Å². The summed E-state index contributed by atoms with van der Waals surface area (Å²) in [4.78, 5) is 2.24. The Kier molecular flexibility index (Phi) is 4.90. The van der Waals surface area contributed by atoms with Gasteiger partial charge in [-0.25, -0.2) is 0 Å². The Morgan fingerprint density at radius 2 is 1.84 bits per heavy atom. The summed E-state index contributed by atoms with van der Waals surface area (Å²) in [5, 5.41) is 0. The molecule has 3 fully saturated rings. The van der Waals surface area contributed by atoms with Crippen LogP contribution in [0.3, 0.4) is 0 Å². The first kappa shape index (κ1) is 21.0. The smallest absolute Gasteiger partial charge is 0.188 e. The zero-order valence-electron chi connectivity index (χ0n) is 20.4. The van der Waals surface area contributed by atoms with Crippen molar-refractivity contribution in [3.63, 3.8) is 0 Å². The van der Waals surface area contributed by atoms with Crippen LogP contribution in [0.1, 0.15) is 75.3 Å². The van der Waals surface area contributed by atoms with Crippen molar-refractivity contribution in [1.29, 1.82) is 0 Å². The van der Waals surface area contributed by atoms with Crippen LogP contribution in [0.4, 0.5) is 5.69 Å². The zero-order chi connectivity index (χ0) is 22.1. The van der Waals surface area contributed by atoms with Gasteiger partial charge in [-0.1, -0.05) is 31.1 Å². The van der Waals surface area contributed by atoms with E-state index in [9.17, 15) is 0 Å². The molecule has 32 heavy (non-hydrogen) atoms. The lowest BCUT2D eigenvalue weighted by Crippen LogP contribution is -2.41. The Balaban J connectivity index is 1.47. The summed E-state index contributed by atoms with van der Waals surface area (Å²) in [5.74, 6) is 1.77. The van der Waals surface area contributed by atoms with Gasteiger partial charge in [0.25, 0.3) is 0 Å². The largest absolute Gasteiger partial charge is 0.377 e. The standard InChI is InChI=1S/C29H39NO2/c1-19-16-20(8-10-26(19)30(3)4)24-18-28(2)12-5-6-25(28)23-9-7-21-17-29(31-14-15-32-29)13-11-22(21)27(23)24/h8,10,16-17,23-25H,5-7,9,11-15,18H2,1-4H3/t23-,24+,25-,28-/m0/s1. The van der Waals surface area contributed by atoms with Crippen LogP contribution in [-0.4, -0.2) is 33.1 Å². The van der Waals surface area contributed by atoms with Crippen LogP contribution >= 0.6 is 0 Å². The van der Waals surface area contributed by atoms with Crippen LogP contribution in [0.5, 0.6) is 0 Å². The van der Waals surface area contributed by atoms with Crippen molar-refractivity contribution in [2.75, 3.05) is 32.2 Å². The predicted molar refractivity (Wildman–Crippen MR) is 130 cm³/mol. The molecule has 0 N–H and O–H groups in total. The van der Waals surface area contributed by atoms with E-state index in [1.54, 1.807) is 16.7 Å². The van der Waals surface area contributed by atoms with Crippen LogP contribution < -0.4 is 4.90 Å². The van der Waals surface area contributed by atoms with E-state index in [0.717, 1.165) is 37.9 Å². The minimum absolute atomic E-state index is 0.428. The van der Waals surface area contributed by atoms with Gasteiger partial charge in [0.2, 0.25) is 0 Å². The van der Waals surface area contributed by atoms with Gasteiger partial charge in [-0.05, 0) is 97.1 Å². The molecule has 0 bridgehead atoms. The summed E-state index contributed by atoms with van der Waals surface area (Å²) < 4.78 is 12.2. The third-order valence-electron chi connectivity index (χ3n) is 9.55. The molecule has 3 heteroatoms. The van der Waals surface area contributed by atoms with Crippen molar-refractivity contribution in [2.45, 2.75) is 76.9 Å². The fourth-order valence-electron chi connectivity index (χ4n) is 8.18. The Morgan fingerprint density at radius 3 is 2.59 bits per heavy atom. The lowest BCUT2D eigenvalue weighted by Gasteiger charge is -2.51. The quantitative estimate of drug-likeness (QED) is 0.530. The van der Waals surface area contributed by atoms with Crippen molar-refractivity contribution in [2.24, 2.45) is 17.3 Å². The molecule has 1 heterocycles. The molecule has 1 aliphatic heterocycles. The average molecular weight is 434 g/mol. The third-order valence-corrected chi connectivity index (χ3v) is 9.55. The third kappa shape index (κ3) is 3.15. The fraction of sp³-hybridized carbons (Fsp3) is 0.655. The van der Waals surface area contributed by atoms with E-state index >= 15 is 0 Å². The monoisotopic (exact) mass is 433 g/mol. The van der Waals surface area contributed by atoms with Gasteiger partial charge in [-0.15, -0.1) is 0 Å². The highest BCUT2D eigenvalue weighted by molar-refractivity contribution is 5.56. The summed E-state index contributed by atoms with van der Waals surface area (Å²) in [5.41, 5.74) is 9.80. The number of aryl methyl sites for hydroxylation is 1. The van der Waals surface area contributed by atoms with E-state index in [4.69, 9.17) is 9.47 Å². The highest BCUT2D eigenvalue weighted by Crippen LogP contribution is 2.64. The SMILES string of the molecule is Cc1cc([C@H]2C[C@]3(C)CCC[C@H]3[C@@H]3CCC4=CC5(CCC4=C32)OCCO5)ccc1N(C)C. The molecule has 172 valence electrons. The summed E-state index contributed by atoms with van der Waals surface area (Å²) in [6, 6.07) is 7.28. The molecule has 0 radical (unpaired) electrons. The minimum Gasteiger partial charge on any atom is -0.377 e. The van der Waals surface area contributed by atoms with E-state index in [-0.39, 0.29) is 0 Å². The number of ether oxygens (including phenoxy) is 2. The van der Waals surface area contributed by atoms with Crippen LogP contribution in [0.15, 0.2) is 41.0 Å². The number of anilines is 1. The van der Waals surface area contributed by atoms with Gasteiger partial charge in [0.15, 0.2) is 5.79 Å². The lowest BCUT2D eigenvalue weighted by atomic mass is 9.53. The normalized spacial score (nSPS) is 35.4. The van der Waals surface area contributed by atoms with E-state index < -0.39 is 5.79 Å². The van der Waals surface area contributed by atoms with Crippen molar-refractivity contribution >= 4 is 5.69 Å². The van der Waals surface area contributed by atoms with Gasteiger partial charge >= 0.3 is 0 Å². The molecule has 0 aromatic heterocycles. The van der Waals surface area contributed by atoms with Crippen LogP contribution in [0, 0.1) is 24.2 Å². The molecule has 4 aliphatic carbocycles. The first-order valence-electron chi connectivity index (χ1n) is 12.9. The molecule has 1 saturated heterocycles. The van der Waals surface area contributed by atoms with Gasteiger partial charge in [0.05, 0.1) is 13.2 Å². The van der Waals surface area contributed by atoms with Crippen LogP contribution in [0.25, 0.3) is 0 Å². The van der Waals surface area contributed by atoms with Crippen molar-refractivity contribution < 1.29 is 9.47 Å². The maximum atomic E-state index is 6.09. The van der Waals surface area contributed by atoms with Gasteiger partial charge in [0.1, 0.15) is 0 Å². The Morgan fingerprint density at radius 1 is 1.03 bits per heavy atom. The maximum Gasteiger partial charge on any atom is 0.188 e. The van der Waals surface area contributed by atoms with Gasteiger partial charge < -0.3 is 14.4 Å². The molecular weight excluding hydrogens is 394 g/mol. The first-order chi connectivity index (χ1) is 15.4. The number of hydrogen-bond donors (Lipinski definition) is 0. The van der Waals surface area contributed by atoms with Gasteiger partial charge in [-0.2, -0.15) is 0 Å². The first-order valence-corrected chi connectivity index (χ1v) is 12.9. The Hall–Kier alpha value is -1.58. The number of hydrogen-bond acceptors (Lipinski definition) is 3. The maximum absolute atomic E-state index is 6.09. The second-order valence-electron chi connectivity index (χ2n) is 11.6. The number of nitrogens with zero attached hydrogens (tertiary/aromatic N) is 1. The summed E-state index contributed by atoms with van der Waals surface area (Å²) >= 11 is 0. The topological polar surface area (TPSA) is 21.7 Å². The van der Waals surface area contributed by atoms with Crippen molar-refractivity contribution in [3.05, 3.63) is 52.1 Å². The molecule has 0 amide bonds. The van der Waals surface area contributed by atoms with Crippen LogP contribution in [0.2, 0.25) is 0 Å². The molecule has 0 unspecified atom stereocenters. The molecule has 1 spiro atoms. The molecule has 1 aromatic rings. The molecule has 6 rings (SSSR count). The second kappa shape index (κ2) is 7.46. The van der Waals surface area contributed by atoms with Crippen molar-refractivity contribution in [3.8, 4) is 0 Å². The summed E-state index contributed by atoms with van der Waals surface area (Å²) in [7, 11) is 4.30. The van der Waals surface area contributed by atoms with Crippen LogP contribution in [-0.2, 0) is 9.47 Å². The predicted octanol–water partition coefficient (Wildman–Crippen LogP) is 6.52. The minimum atomic E-state index is -0.428. The summed E-state index contributed by atoms with van der Waals surface area (Å²) in [6.07, 6.45) is 12.6. The second-order valence-corrected chi connectivity index (χ2v) is 11.6. The molecule has 3 nitrogen and oxygen atoms in total. The highest BCUT2D eigenvalue weighted by Gasteiger charge is 2.53. The average Bonchev–Trinajstić information content (AvgIpc) is 3.38. The van der Waals surface area contributed by atoms with E-state index in [2.05, 4.69) is 57.1 Å². The molecular formula is C29H39NO2. The number of benzene rings is 1. The van der Waals surface area contributed by atoms with E-state index in [1.165, 1.54) is 55.3 Å². The Labute approximate surface area is 193 Å². The number of rotatable bonds is 2. The number of allylic oxidation sites excluding steroid dienone is 3. The lowest BCUT2D eigenvalue weighted by molar-refractivity contribution is -0.123.